The number of aromatic amines is 1. The molecular weight excluding hydrogens is 186 g/mol. The first-order chi connectivity index (χ1) is 7.25. The molecule has 0 aliphatic heterocycles. The summed E-state index contributed by atoms with van der Waals surface area (Å²) < 4.78 is 0. The fourth-order valence-corrected chi connectivity index (χ4v) is 2.51. The van der Waals surface area contributed by atoms with Gasteiger partial charge in [0, 0.05) is 16.5 Å². The van der Waals surface area contributed by atoms with Gasteiger partial charge in [-0.15, -0.1) is 0 Å². The van der Waals surface area contributed by atoms with E-state index in [1.165, 1.54) is 16.5 Å². The van der Waals surface area contributed by atoms with Crippen LogP contribution in [-0.4, -0.2) is 4.98 Å². The highest BCUT2D eigenvalue weighted by molar-refractivity contribution is 5.84. The average Bonchev–Trinajstić information content (AvgIpc) is 2.69. The van der Waals surface area contributed by atoms with Crippen LogP contribution < -0.4 is 5.56 Å². The lowest BCUT2D eigenvalue weighted by Crippen LogP contribution is -2.12. The van der Waals surface area contributed by atoms with Gasteiger partial charge in [-0.25, -0.2) is 0 Å². The van der Waals surface area contributed by atoms with Crippen molar-refractivity contribution in [1.29, 1.82) is 0 Å². The summed E-state index contributed by atoms with van der Waals surface area (Å²) in [6.45, 7) is 2.09. The molecule has 1 heterocycles. The molecule has 1 aliphatic carbocycles. The Labute approximate surface area is 87.9 Å². The van der Waals surface area contributed by atoms with Crippen LogP contribution in [0.2, 0.25) is 0 Å². The Morgan fingerprint density at radius 1 is 1.20 bits per heavy atom. The minimum absolute atomic E-state index is 0.110. The topological polar surface area (TPSA) is 32.9 Å². The monoisotopic (exact) mass is 199 g/mol. The van der Waals surface area contributed by atoms with Crippen molar-refractivity contribution in [2.45, 2.75) is 26.2 Å². The van der Waals surface area contributed by atoms with Crippen molar-refractivity contribution in [2.75, 3.05) is 0 Å². The van der Waals surface area contributed by atoms with Crippen LogP contribution in [0, 0.1) is 6.92 Å². The van der Waals surface area contributed by atoms with E-state index in [1.54, 1.807) is 0 Å². The molecule has 1 aromatic carbocycles. The lowest BCUT2D eigenvalue weighted by Gasteiger charge is -2.05. The number of hydrogen-bond donors (Lipinski definition) is 1. The summed E-state index contributed by atoms with van der Waals surface area (Å²) in [6.07, 6.45) is 3.11. The standard InChI is InChI=1S/C13H13NO/c1-8-5-6-12-11(7-8)9-3-2-4-10(9)13(15)14-12/h5-7H,2-4H2,1H3,(H,14,15). The summed E-state index contributed by atoms with van der Waals surface area (Å²) in [5.41, 5.74) is 4.62. The molecule has 2 nitrogen and oxygen atoms in total. The van der Waals surface area contributed by atoms with Gasteiger partial charge in [-0.3, -0.25) is 4.79 Å². The molecular formula is C13H13NO. The number of pyridine rings is 1. The van der Waals surface area contributed by atoms with Crippen LogP contribution in [0.15, 0.2) is 23.0 Å². The van der Waals surface area contributed by atoms with E-state index >= 15 is 0 Å². The second-order valence-corrected chi connectivity index (χ2v) is 4.31. The third kappa shape index (κ3) is 1.21. The molecule has 0 saturated heterocycles. The maximum absolute atomic E-state index is 11.8. The molecule has 1 aliphatic rings. The SMILES string of the molecule is Cc1ccc2[nH]c(=O)c3c(c2c1)CCC3. The van der Waals surface area contributed by atoms with Crippen molar-refractivity contribution in [3.8, 4) is 0 Å². The largest absolute Gasteiger partial charge is 0.322 e. The van der Waals surface area contributed by atoms with Crippen molar-refractivity contribution >= 4 is 10.9 Å². The third-order valence-electron chi connectivity index (χ3n) is 3.24. The number of hydrogen-bond acceptors (Lipinski definition) is 1. The Balaban J connectivity index is 2.49. The first kappa shape index (κ1) is 8.72. The van der Waals surface area contributed by atoms with Gasteiger partial charge < -0.3 is 4.98 Å². The van der Waals surface area contributed by atoms with Crippen molar-refractivity contribution in [2.24, 2.45) is 0 Å². The first-order valence-corrected chi connectivity index (χ1v) is 5.40. The lowest BCUT2D eigenvalue weighted by atomic mass is 10.0. The number of H-pyrrole nitrogens is 1. The van der Waals surface area contributed by atoms with Crippen molar-refractivity contribution in [1.82, 2.24) is 4.98 Å². The number of benzene rings is 1. The highest BCUT2D eigenvalue weighted by atomic mass is 16.1. The molecule has 0 saturated carbocycles. The van der Waals surface area contributed by atoms with Crippen molar-refractivity contribution < 1.29 is 0 Å². The average molecular weight is 199 g/mol. The molecule has 0 unspecified atom stereocenters. The minimum Gasteiger partial charge on any atom is -0.322 e. The van der Waals surface area contributed by atoms with Gasteiger partial charge in [-0.1, -0.05) is 11.6 Å². The predicted octanol–water partition coefficient (Wildman–Crippen LogP) is 2.33. The highest BCUT2D eigenvalue weighted by Crippen LogP contribution is 2.26. The predicted molar refractivity (Wildman–Crippen MR) is 61.3 cm³/mol. The molecule has 1 aromatic heterocycles. The van der Waals surface area contributed by atoms with Crippen LogP contribution >= 0.6 is 0 Å². The molecule has 0 amide bonds. The van der Waals surface area contributed by atoms with Crippen LogP contribution in [0.5, 0.6) is 0 Å². The molecule has 76 valence electrons. The van der Waals surface area contributed by atoms with Crippen LogP contribution in [0.25, 0.3) is 10.9 Å². The van der Waals surface area contributed by atoms with Gasteiger partial charge in [0.2, 0.25) is 0 Å². The molecule has 0 fully saturated rings. The van der Waals surface area contributed by atoms with E-state index < -0.39 is 0 Å². The summed E-state index contributed by atoms with van der Waals surface area (Å²) in [6, 6.07) is 6.22. The smallest absolute Gasteiger partial charge is 0.251 e. The van der Waals surface area contributed by atoms with Gasteiger partial charge in [-0.05, 0) is 43.9 Å². The van der Waals surface area contributed by atoms with Gasteiger partial charge in [-0.2, -0.15) is 0 Å². The minimum atomic E-state index is 0.110. The molecule has 1 N–H and O–H groups in total. The fourth-order valence-electron chi connectivity index (χ4n) is 2.51. The van der Waals surface area contributed by atoms with Crippen molar-refractivity contribution in [3.05, 3.63) is 45.2 Å². The van der Waals surface area contributed by atoms with E-state index in [0.29, 0.717) is 0 Å². The molecule has 3 rings (SSSR count). The molecule has 0 radical (unpaired) electrons. The van der Waals surface area contributed by atoms with Gasteiger partial charge in [0.05, 0.1) is 0 Å². The zero-order valence-corrected chi connectivity index (χ0v) is 8.76. The zero-order valence-electron chi connectivity index (χ0n) is 8.76. The summed E-state index contributed by atoms with van der Waals surface area (Å²) in [5.74, 6) is 0. The molecule has 15 heavy (non-hydrogen) atoms. The van der Waals surface area contributed by atoms with E-state index in [9.17, 15) is 4.79 Å². The zero-order chi connectivity index (χ0) is 10.4. The van der Waals surface area contributed by atoms with E-state index in [1.807, 2.05) is 12.1 Å². The van der Waals surface area contributed by atoms with Gasteiger partial charge in [0.25, 0.3) is 5.56 Å². The summed E-state index contributed by atoms with van der Waals surface area (Å²) >= 11 is 0. The highest BCUT2D eigenvalue weighted by Gasteiger charge is 2.17. The van der Waals surface area contributed by atoms with E-state index in [4.69, 9.17) is 0 Å². The number of nitrogens with one attached hydrogen (secondary N) is 1. The Hall–Kier alpha value is -1.57. The maximum Gasteiger partial charge on any atom is 0.251 e. The van der Waals surface area contributed by atoms with Crippen LogP contribution in [0.1, 0.15) is 23.1 Å². The molecule has 0 bridgehead atoms. The Kier molecular flexibility index (Phi) is 1.72. The lowest BCUT2D eigenvalue weighted by molar-refractivity contribution is 0.909. The normalized spacial score (nSPS) is 14.5. The second kappa shape index (κ2) is 2.96. The first-order valence-electron chi connectivity index (χ1n) is 5.40. The van der Waals surface area contributed by atoms with Crippen LogP contribution in [-0.2, 0) is 12.8 Å². The van der Waals surface area contributed by atoms with Gasteiger partial charge >= 0.3 is 0 Å². The molecule has 2 aromatic rings. The Bertz CT molecular complexity index is 595. The molecule has 0 spiro atoms. The second-order valence-electron chi connectivity index (χ2n) is 4.31. The third-order valence-corrected chi connectivity index (χ3v) is 3.24. The maximum atomic E-state index is 11.8. The molecule has 2 heteroatoms. The quantitative estimate of drug-likeness (QED) is 0.694. The summed E-state index contributed by atoms with van der Waals surface area (Å²) in [5, 5.41) is 1.24. The van der Waals surface area contributed by atoms with Crippen molar-refractivity contribution in [3.63, 3.8) is 0 Å². The number of aromatic nitrogens is 1. The summed E-state index contributed by atoms with van der Waals surface area (Å²) in [7, 11) is 0. The van der Waals surface area contributed by atoms with E-state index in [0.717, 1.165) is 30.3 Å². The van der Waals surface area contributed by atoms with Gasteiger partial charge in [0.1, 0.15) is 0 Å². The van der Waals surface area contributed by atoms with Gasteiger partial charge in [0.15, 0.2) is 0 Å². The van der Waals surface area contributed by atoms with Crippen LogP contribution in [0.4, 0.5) is 0 Å². The number of fused-ring (bicyclic) bond motifs is 3. The number of rotatable bonds is 0. The Morgan fingerprint density at radius 3 is 2.87 bits per heavy atom. The molecule has 0 atom stereocenters. The fraction of sp³-hybridized carbons (Fsp3) is 0.308. The summed E-state index contributed by atoms with van der Waals surface area (Å²) in [4.78, 5) is 14.7. The number of aryl methyl sites for hydroxylation is 2. The van der Waals surface area contributed by atoms with E-state index in [-0.39, 0.29) is 5.56 Å². The Morgan fingerprint density at radius 2 is 2.00 bits per heavy atom. The van der Waals surface area contributed by atoms with E-state index in [2.05, 4.69) is 18.0 Å². The van der Waals surface area contributed by atoms with Crippen LogP contribution in [0.3, 0.4) is 0 Å².